The molecule has 0 radical (unpaired) electrons. The zero-order valence-corrected chi connectivity index (χ0v) is 19.0. The van der Waals surface area contributed by atoms with Crippen molar-refractivity contribution in [2.24, 2.45) is 0 Å². The number of hydrogen-bond acceptors (Lipinski definition) is 2. The minimum atomic E-state index is 0.333. The van der Waals surface area contributed by atoms with E-state index in [1.54, 1.807) is 0 Å². The van der Waals surface area contributed by atoms with Gasteiger partial charge in [0.15, 0.2) is 0 Å². The van der Waals surface area contributed by atoms with Gasteiger partial charge in [0, 0.05) is 0 Å². The molecule has 0 N–H and O–H groups in total. The van der Waals surface area contributed by atoms with Crippen molar-refractivity contribution in [3.05, 3.63) is 81.5 Å². The SMILES string of the molecule is CCC(C=Cc1nc2ccccc2[se]1)=CC=C1[Se]c2ccccc2N1CC. The number of hydrogen-bond donors (Lipinski definition) is 0. The fourth-order valence-corrected chi connectivity index (χ4v) is 7.31. The van der Waals surface area contributed by atoms with Crippen LogP contribution < -0.4 is 9.36 Å². The van der Waals surface area contributed by atoms with E-state index < -0.39 is 0 Å². The van der Waals surface area contributed by atoms with Crippen molar-refractivity contribution in [2.45, 2.75) is 20.3 Å². The Morgan fingerprint density at radius 3 is 2.70 bits per heavy atom. The van der Waals surface area contributed by atoms with Gasteiger partial charge in [0.1, 0.15) is 0 Å². The Morgan fingerprint density at radius 1 is 1.07 bits per heavy atom. The van der Waals surface area contributed by atoms with E-state index in [9.17, 15) is 0 Å². The molecule has 136 valence electrons. The van der Waals surface area contributed by atoms with Crippen LogP contribution in [0.15, 0.2) is 76.9 Å². The predicted molar refractivity (Wildman–Crippen MR) is 119 cm³/mol. The summed E-state index contributed by atoms with van der Waals surface area (Å²) < 4.78 is 5.53. The van der Waals surface area contributed by atoms with E-state index in [1.807, 2.05) is 0 Å². The number of fused-ring (bicyclic) bond motifs is 2. The predicted octanol–water partition coefficient (Wildman–Crippen LogP) is 4.35. The fourth-order valence-electron chi connectivity index (χ4n) is 3.11. The normalized spacial score (nSPS) is 16.0. The zero-order valence-electron chi connectivity index (χ0n) is 15.6. The first kappa shape index (κ1) is 18.5. The summed E-state index contributed by atoms with van der Waals surface area (Å²) in [7, 11) is 0. The maximum atomic E-state index is 4.76. The molecule has 3 aromatic rings. The molecule has 1 aliphatic heterocycles. The molecule has 0 saturated carbocycles. The summed E-state index contributed by atoms with van der Waals surface area (Å²) in [5, 5.41) is 0. The van der Waals surface area contributed by atoms with Crippen molar-refractivity contribution in [3.8, 4) is 0 Å². The number of benzene rings is 2. The van der Waals surface area contributed by atoms with Crippen LogP contribution in [0.1, 0.15) is 24.8 Å². The Morgan fingerprint density at radius 2 is 1.89 bits per heavy atom. The minimum absolute atomic E-state index is 0.333. The molecule has 0 unspecified atom stereocenters. The number of para-hydroxylation sites is 2. The summed E-state index contributed by atoms with van der Waals surface area (Å²) >= 11 is 0.728. The van der Waals surface area contributed by atoms with Crippen molar-refractivity contribution in [3.63, 3.8) is 0 Å². The van der Waals surface area contributed by atoms with Crippen molar-refractivity contribution in [1.29, 1.82) is 0 Å². The van der Waals surface area contributed by atoms with Gasteiger partial charge in [-0.2, -0.15) is 0 Å². The van der Waals surface area contributed by atoms with E-state index in [-0.39, 0.29) is 0 Å². The van der Waals surface area contributed by atoms with Gasteiger partial charge in [-0.1, -0.05) is 0 Å². The summed E-state index contributed by atoms with van der Waals surface area (Å²) in [4.78, 5) is 7.21. The van der Waals surface area contributed by atoms with Crippen molar-refractivity contribution < 1.29 is 0 Å². The van der Waals surface area contributed by atoms with E-state index >= 15 is 0 Å². The summed E-state index contributed by atoms with van der Waals surface area (Å²) in [5.41, 5.74) is 3.88. The Kier molecular flexibility index (Phi) is 5.80. The molecule has 2 heterocycles. The third-order valence-corrected chi connectivity index (χ3v) is 9.03. The average molecular weight is 484 g/mol. The molecule has 0 amide bonds. The molecule has 0 saturated heterocycles. The van der Waals surface area contributed by atoms with Crippen LogP contribution in [0.5, 0.6) is 0 Å². The number of allylic oxidation sites excluding steroid dienone is 4. The maximum absolute atomic E-state index is 4.76. The number of anilines is 1. The number of rotatable bonds is 5. The molecule has 1 aromatic heterocycles. The molecule has 0 aliphatic carbocycles. The van der Waals surface area contributed by atoms with Crippen molar-refractivity contribution >= 4 is 55.5 Å². The van der Waals surface area contributed by atoms with E-state index in [1.165, 1.54) is 29.1 Å². The van der Waals surface area contributed by atoms with Gasteiger partial charge < -0.3 is 0 Å². The molecule has 0 atom stereocenters. The average Bonchev–Trinajstić information content (AvgIpc) is 3.28. The van der Waals surface area contributed by atoms with E-state index in [0.717, 1.165) is 18.5 Å². The van der Waals surface area contributed by atoms with Crippen LogP contribution in [-0.2, 0) is 0 Å². The van der Waals surface area contributed by atoms with Gasteiger partial charge in [-0.3, -0.25) is 0 Å². The quantitative estimate of drug-likeness (QED) is 0.396. The molecule has 2 nitrogen and oxygen atoms in total. The summed E-state index contributed by atoms with van der Waals surface area (Å²) in [5.74, 6) is 0. The molecule has 0 spiro atoms. The number of aromatic nitrogens is 1. The van der Waals surface area contributed by atoms with Crippen LogP contribution in [0, 0.1) is 0 Å². The van der Waals surface area contributed by atoms with Crippen molar-refractivity contribution in [2.75, 3.05) is 11.4 Å². The van der Waals surface area contributed by atoms with Crippen LogP contribution in [0.3, 0.4) is 0 Å². The summed E-state index contributed by atoms with van der Waals surface area (Å²) in [6, 6.07) is 17.3. The van der Waals surface area contributed by atoms with Gasteiger partial charge in [-0.05, 0) is 0 Å². The first-order valence-electron chi connectivity index (χ1n) is 9.27. The van der Waals surface area contributed by atoms with Gasteiger partial charge in [0.25, 0.3) is 0 Å². The van der Waals surface area contributed by atoms with Crippen LogP contribution in [-0.4, -0.2) is 41.0 Å². The van der Waals surface area contributed by atoms with Crippen LogP contribution in [0.25, 0.3) is 15.9 Å². The van der Waals surface area contributed by atoms with Crippen LogP contribution >= 0.6 is 0 Å². The van der Waals surface area contributed by atoms with Gasteiger partial charge in [0.05, 0.1) is 0 Å². The topological polar surface area (TPSA) is 16.1 Å². The van der Waals surface area contributed by atoms with Crippen LogP contribution in [0.2, 0.25) is 0 Å². The van der Waals surface area contributed by atoms with E-state index in [0.29, 0.717) is 29.5 Å². The molecular weight excluding hydrogens is 462 g/mol. The second-order valence-corrected chi connectivity index (χ2v) is 10.7. The molecule has 0 bridgehead atoms. The zero-order chi connectivity index (χ0) is 18.6. The van der Waals surface area contributed by atoms with Gasteiger partial charge >= 0.3 is 174 Å². The first-order valence-corrected chi connectivity index (χ1v) is 12.7. The van der Waals surface area contributed by atoms with Gasteiger partial charge in [-0.25, -0.2) is 0 Å². The summed E-state index contributed by atoms with van der Waals surface area (Å²) in [6.07, 6.45) is 10.1. The third kappa shape index (κ3) is 4.05. The fraction of sp³-hybridized carbons (Fsp3) is 0.174. The second kappa shape index (κ2) is 8.46. The van der Waals surface area contributed by atoms with Crippen molar-refractivity contribution in [1.82, 2.24) is 4.98 Å². The van der Waals surface area contributed by atoms with Crippen LogP contribution in [0.4, 0.5) is 5.69 Å². The first-order chi connectivity index (χ1) is 13.3. The molecule has 4 heteroatoms. The standard InChI is InChI=1S/C23H22N2Se2/c1-3-17(13-15-22-24-18-9-5-7-11-20(18)26-22)14-16-23-25(4-2)19-10-6-8-12-21(19)27-23/h5-16H,3-4H2,1-2H3. The monoisotopic (exact) mass is 486 g/mol. The molecule has 27 heavy (non-hydrogen) atoms. The Hall–Kier alpha value is -1.83. The van der Waals surface area contributed by atoms with Gasteiger partial charge in [0.2, 0.25) is 0 Å². The van der Waals surface area contributed by atoms with E-state index in [4.69, 9.17) is 4.98 Å². The van der Waals surface area contributed by atoms with Gasteiger partial charge in [-0.15, -0.1) is 0 Å². The number of nitrogens with zero attached hydrogens (tertiary/aromatic N) is 2. The Labute approximate surface area is 173 Å². The molecule has 0 fully saturated rings. The summed E-state index contributed by atoms with van der Waals surface area (Å²) in [6.45, 7) is 5.47. The molecular formula is C23H22N2Se2. The molecule has 4 rings (SSSR count). The Bertz CT molecular complexity index is 1010. The Balaban J connectivity index is 1.55. The third-order valence-electron chi connectivity index (χ3n) is 4.55. The molecule has 2 aromatic carbocycles. The second-order valence-electron chi connectivity index (χ2n) is 6.27. The van der Waals surface area contributed by atoms with E-state index in [2.05, 4.69) is 91.6 Å². The molecule has 1 aliphatic rings.